The Morgan fingerprint density at radius 3 is 2.63 bits per heavy atom. The predicted molar refractivity (Wildman–Crippen MR) is 159 cm³/mol. The van der Waals surface area contributed by atoms with Crippen molar-refractivity contribution >= 4 is 71.8 Å². The van der Waals surface area contributed by atoms with Gasteiger partial charge < -0.3 is 25.0 Å². The third-order valence-electron chi connectivity index (χ3n) is 5.52. The number of amides is 1. The number of ether oxygens (including phenoxy) is 1. The lowest BCUT2D eigenvalue weighted by Crippen LogP contribution is -2.43. The molecule has 3 aromatic heterocycles. The number of fused-ring (bicyclic) bond motifs is 2. The van der Waals surface area contributed by atoms with Gasteiger partial charge in [0.15, 0.2) is 5.82 Å². The maximum Gasteiger partial charge on any atom is 0.261 e. The smallest absolute Gasteiger partial charge is 0.261 e. The van der Waals surface area contributed by atoms with Crippen LogP contribution < -0.4 is 15.4 Å². The van der Waals surface area contributed by atoms with E-state index in [0.717, 1.165) is 26.8 Å². The molecule has 2 aromatic carbocycles. The molecule has 0 aliphatic rings. The third-order valence-corrected chi connectivity index (χ3v) is 6.58. The number of nitrogens with one attached hydrogen (secondary N) is 2. The lowest BCUT2D eigenvalue weighted by Gasteiger charge is -2.17. The van der Waals surface area contributed by atoms with Gasteiger partial charge >= 0.3 is 0 Å². The fourth-order valence-electron chi connectivity index (χ4n) is 3.69. The fourth-order valence-corrected chi connectivity index (χ4v) is 4.57. The van der Waals surface area contributed by atoms with E-state index >= 15 is 0 Å². The van der Waals surface area contributed by atoms with Crippen molar-refractivity contribution in [2.45, 2.75) is 26.0 Å². The second-order valence-corrected chi connectivity index (χ2v) is 12.1. The second kappa shape index (κ2) is 12.4. The molecule has 0 saturated carbocycles. The number of aromatic nitrogens is 4. The van der Waals surface area contributed by atoms with Gasteiger partial charge in [0.05, 0.1) is 33.1 Å². The highest BCUT2D eigenvalue weighted by Gasteiger charge is 2.23. The van der Waals surface area contributed by atoms with Crippen LogP contribution in [0.3, 0.4) is 0 Å². The molecule has 0 spiro atoms. The predicted octanol–water partition coefficient (Wildman–Crippen LogP) is 4.62. The van der Waals surface area contributed by atoms with Crippen LogP contribution in [0.4, 0.5) is 11.5 Å². The first kappa shape index (κ1) is 30.1. The Kier molecular flexibility index (Phi) is 9.09. The molecule has 216 valence electrons. The zero-order chi connectivity index (χ0) is 29.8. The monoisotopic (exact) mass is 618 g/mol. The van der Waals surface area contributed by atoms with E-state index in [1.165, 1.54) is 31.7 Å². The van der Waals surface area contributed by atoms with E-state index in [2.05, 4.69) is 25.0 Å². The minimum Gasteiger partial charge on any atom is -0.455 e. The minimum atomic E-state index is -3.67. The second-order valence-electron chi connectivity index (χ2n) is 9.38. The highest BCUT2D eigenvalue weighted by atomic mass is 35.5. The summed E-state index contributed by atoms with van der Waals surface area (Å²) >= 11 is 7.97. The zero-order valence-corrected chi connectivity index (χ0v) is 24.6. The van der Waals surface area contributed by atoms with Crippen LogP contribution in [-0.2, 0) is 21.5 Å². The van der Waals surface area contributed by atoms with Gasteiger partial charge in [-0.1, -0.05) is 17.7 Å². The summed E-state index contributed by atoms with van der Waals surface area (Å²) in [5, 5.41) is 17.2. The van der Waals surface area contributed by atoms with E-state index in [0.29, 0.717) is 41.7 Å². The summed E-state index contributed by atoms with van der Waals surface area (Å²) in [5.74, 6) is 1.38. The summed E-state index contributed by atoms with van der Waals surface area (Å²) in [6.45, 7) is 3.71. The molecule has 0 unspecified atom stereocenters. The van der Waals surface area contributed by atoms with Gasteiger partial charge in [0.2, 0.25) is 0 Å². The van der Waals surface area contributed by atoms with Crippen LogP contribution in [-0.4, -0.2) is 61.3 Å². The van der Waals surface area contributed by atoms with E-state index in [-0.39, 0.29) is 0 Å². The number of hydrogen-bond donors (Lipinski definition) is 4. The van der Waals surface area contributed by atoms with Crippen LogP contribution in [0.5, 0.6) is 11.5 Å². The number of hydrogen-bond acceptors (Lipinski definition) is 10. The van der Waals surface area contributed by atoms with Crippen molar-refractivity contribution in [2.24, 2.45) is 0 Å². The molecule has 0 aliphatic heterocycles. The fraction of sp³-hybridized carbons (Fsp3) is 0.231. The van der Waals surface area contributed by atoms with Gasteiger partial charge in [0.25, 0.3) is 16.0 Å². The van der Waals surface area contributed by atoms with Crippen molar-refractivity contribution in [3.05, 3.63) is 66.2 Å². The molecule has 0 aliphatic carbocycles. The lowest BCUT2D eigenvalue weighted by molar-refractivity contribution is -0.136. The molecule has 4 N–H and O–H groups in total. The lowest BCUT2D eigenvalue weighted by atomic mass is 10.1. The van der Waals surface area contributed by atoms with Crippen molar-refractivity contribution in [3.63, 3.8) is 0 Å². The number of rotatable bonds is 8. The highest BCUT2D eigenvalue weighted by molar-refractivity contribution is 7.85. The van der Waals surface area contributed by atoms with Crippen LogP contribution in [0.25, 0.3) is 21.1 Å². The average molecular weight is 619 g/mol. The maximum absolute atomic E-state index is 12.0. The summed E-state index contributed by atoms with van der Waals surface area (Å²) in [4.78, 5) is 20.7. The summed E-state index contributed by atoms with van der Waals surface area (Å²) < 4.78 is 39.1. The summed E-state index contributed by atoms with van der Waals surface area (Å²) in [7, 11) is -3.67. The van der Waals surface area contributed by atoms with E-state index in [9.17, 15) is 18.3 Å². The molecule has 0 saturated heterocycles. The standard InChI is InChI=1S/C25H23ClN6O3S.CH4O3S/c1-25(2,34)24(33)27-9-11-32-10-8-18-22(32)23(29-14-28-18)31-15-6-7-20(17(26)12-15)35-19-4-3-5-21-16(19)13-30-36-21;1-5(2,3)4/h3-8,10,12-14,34H,9,11H2,1-2H3,(H,27,33)(H,28,29,31);1H3,(H,2,3,4). The highest BCUT2D eigenvalue weighted by Crippen LogP contribution is 2.36. The molecule has 3 heterocycles. The summed E-state index contributed by atoms with van der Waals surface area (Å²) in [6.07, 6.45) is 5.86. The van der Waals surface area contributed by atoms with Crippen molar-refractivity contribution < 1.29 is 27.6 Å². The molecule has 0 bridgehead atoms. The Morgan fingerprint density at radius 2 is 1.93 bits per heavy atom. The maximum atomic E-state index is 12.0. The molecule has 0 atom stereocenters. The van der Waals surface area contributed by atoms with Crippen molar-refractivity contribution in [1.82, 2.24) is 24.2 Å². The number of halogens is 1. The SMILES string of the molecule is CC(C)(O)C(=O)NCCn1ccc2ncnc(Nc3ccc(Oc4cccc5sncc45)c(Cl)c3)c21.CS(=O)(=O)O. The van der Waals surface area contributed by atoms with Gasteiger partial charge in [0.1, 0.15) is 28.9 Å². The summed E-state index contributed by atoms with van der Waals surface area (Å²) in [5.41, 5.74) is 0.829. The average Bonchev–Trinajstić information content (AvgIpc) is 3.52. The number of aliphatic hydroxyl groups is 1. The Hall–Kier alpha value is -3.82. The van der Waals surface area contributed by atoms with E-state index in [1.54, 1.807) is 18.3 Å². The number of benzene rings is 2. The molecule has 12 nitrogen and oxygen atoms in total. The van der Waals surface area contributed by atoms with E-state index in [4.69, 9.17) is 20.9 Å². The number of carbonyl (C=O) groups is 1. The molecule has 0 radical (unpaired) electrons. The van der Waals surface area contributed by atoms with Crippen LogP contribution in [0.15, 0.2) is 61.2 Å². The van der Waals surface area contributed by atoms with Crippen molar-refractivity contribution in [2.75, 3.05) is 18.1 Å². The third kappa shape index (κ3) is 8.11. The van der Waals surface area contributed by atoms with Crippen LogP contribution in [0.1, 0.15) is 13.8 Å². The van der Waals surface area contributed by atoms with Crippen LogP contribution in [0.2, 0.25) is 5.02 Å². The largest absolute Gasteiger partial charge is 0.455 e. The van der Waals surface area contributed by atoms with Gasteiger partial charge in [-0.3, -0.25) is 9.35 Å². The van der Waals surface area contributed by atoms with E-state index < -0.39 is 21.6 Å². The minimum absolute atomic E-state index is 0.338. The molecule has 5 rings (SSSR count). The van der Waals surface area contributed by atoms with Gasteiger partial charge in [0, 0.05) is 25.0 Å². The Labute approximate surface area is 244 Å². The Balaban J connectivity index is 0.000000714. The molecular formula is C26H27ClN6O6S2. The zero-order valence-electron chi connectivity index (χ0n) is 22.2. The van der Waals surface area contributed by atoms with E-state index in [1.807, 2.05) is 41.1 Å². The molecule has 15 heteroatoms. The molecule has 0 fully saturated rings. The van der Waals surface area contributed by atoms with Crippen molar-refractivity contribution in [3.8, 4) is 11.5 Å². The quantitative estimate of drug-likeness (QED) is 0.180. The van der Waals surface area contributed by atoms with Gasteiger partial charge in [-0.2, -0.15) is 12.8 Å². The Morgan fingerprint density at radius 1 is 1.17 bits per heavy atom. The Bertz CT molecular complexity index is 1790. The number of nitrogens with zero attached hydrogens (tertiary/aromatic N) is 4. The first-order valence-corrected chi connectivity index (χ1v) is 15.1. The first-order valence-electron chi connectivity index (χ1n) is 12.1. The number of carbonyl (C=O) groups excluding carboxylic acids is 1. The van der Waals surface area contributed by atoms with Crippen LogP contribution >= 0.6 is 23.1 Å². The van der Waals surface area contributed by atoms with Crippen molar-refractivity contribution in [1.29, 1.82) is 0 Å². The number of anilines is 2. The first-order chi connectivity index (χ1) is 19.3. The van der Waals surface area contributed by atoms with Gasteiger partial charge in [-0.05, 0) is 61.8 Å². The van der Waals surface area contributed by atoms with Crippen LogP contribution in [0, 0.1) is 0 Å². The van der Waals surface area contributed by atoms with Gasteiger partial charge in [-0.25, -0.2) is 9.97 Å². The molecule has 1 amide bonds. The normalized spacial score (nSPS) is 11.7. The van der Waals surface area contributed by atoms with Gasteiger partial charge in [-0.15, -0.1) is 0 Å². The summed E-state index contributed by atoms with van der Waals surface area (Å²) in [6, 6.07) is 13.1. The molecule has 41 heavy (non-hydrogen) atoms. The molecular weight excluding hydrogens is 592 g/mol. The topological polar surface area (TPSA) is 169 Å². The molecule has 5 aromatic rings.